The third kappa shape index (κ3) is 3.24. The zero-order chi connectivity index (χ0) is 13.0. The van der Waals surface area contributed by atoms with E-state index in [1.807, 2.05) is 6.07 Å². The summed E-state index contributed by atoms with van der Waals surface area (Å²) in [6.07, 6.45) is 1.10. The fourth-order valence-corrected chi connectivity index (χ4v) is 2.43. The van der Waals surface area contributed by atoms with Gasteiger partial charge in [-0.2, -0.15) is 0 Å². The molecule has 2 atom stereocenters. The van der Waals surface area contributed by atoms with E-state index < -0.39 is 0 Å². The predicted molar refractivity (Wildman–Crippen MR) is 74.8 cm³/mol. The lowest BCUT2D eigenvalue weighted by atomic mass is 9.95. The lowest BCUT2D eigenvalue weighted by Gasteiger charge is -2.28. The van der Waals surface area contributed by atoms with Crippen molar-refractivity contribution >= 4 is 0 Å². The van der Waals surface area contributed by atoms with Crippen molar-refractivity contribution in [3.05, 3.63) is 29.8 Å². The monoisotopic (exact) mass is 248 g/mol. The van der Waals surface area contributed by atoms with Gasteiger partial charge in [0.05, 0.1) is 6.61 Å². The van der Waals surface area contributed by atoms with Crippen LogP contribution in [0.5, 0.6) is 5.75 Å². The van der Waals surface area contributed by atoms with E-state index in [4.69, 9.17) is 10.5 Å². The maximum atomic E-state index is 5.79. The van der Waals surface area contributed by atoms with E-state index in [2.05, 4.69) is 37.4 Å². The first-order valence-corrected chi connectivity index (χ1v) is 6.85. The third-order valence-corrected chi connectivity index (χ3v) is 3.68. The molecular formula is C15H24N2O. The molecule has 0 spiro atoms. The molecule has 1 aliphatic rings. The van der Waals surface area contributed by atoms with Crippen LogP contribution in [0.1, 0.15) is 19.4 Å². The molecule has 3 heteroatoms. The highest BCUT2D eigenvalue weighted by molar-refractivity contribution is 5.35. The molecule has 1 aliphatic heterocycles. The Morgan fingerprint density at radius 2 is 2.17 bits per heavy atom. The van der Waals surface area contributed by atoms with E-state index >= 15 is 0 Å². The van der Waals surface area contributed by atoms with Gasteiger partial charge in [-0.3, -0.25) is 0 Å². The van der Waals surface area contributed by atoms with Gasteiger partial charge in [-0.25, -0.2) is 0 Å². The Labute approximate surface area is 110 Å². The molecule has 1 aromatic rings. The van der Waals surface area contributed by atoms with E-state index in [1.54, 1.807) is 0 Å². The molecule has 0 aliphatic carbocycles. The molecule has 1 aromatic carbocycles. The number of nitrogens with two attached hydrogens (primary N) is 1. The lowest BCUT2D eigenvalue weighted by molar-refractivity contribution is 0.210. The van der Waals surface area contributed by atoms with Crippen LogP contribution in [-0.2, 0) is 6.42 Å². The highest BCUT2D eigenvalue weighted by Crippen LogP contribution is 2.26. The van der Waals surface area contributed by atoms with Crippen molar-refractivity contribution in [2.45, 2.75) is 26.3 Å². The normalized spacial score (nSPS) is 20.3. The molecule has 0 aromatic heterocycles. The molecule has 0 bridgehead atoms. The molecule has 18 heavy (non-hydrogen) atoms. The number of rotatable bonds is 5. The number of nitrogens with one attached hydrogen (secondary N) is 1. The second kappa shape index (κ2) is 6.21. The first-order valence-electron chi connectivity index (χ1n) is 6.85. The Kier molecular flexibility index (Phi) is 4.61. The largest absolute Gasteiger partial charge is 0.493 e. The minimum atomic E-state index is 0.405. The van der Waals surface area contributed by atoms with Crippen molar-refractivity contribution in [1.82, 2.24) is 5.32 Å². The van der Waals surface area contributed by atoms with E-state index in [-0.39, 0.29) is 0 Å². The number of para-hydroxylation sites is 1. The SMILES string of the molecule is CC(C)C(CN)NCC1COc2ccccc2C1. The quantitative estimate of drug-likeness (QED) is 0.835. The summed E-state index contributed by atoms with van der Waals surface area (Å²) < 4.78 is 5.79. The van der Waals surface area contributed by atoms with Crippen LogP contribution in [-0.4, -0.2) is 25.7 Å². The highest BCUT2D eigenvalue weighted by atomic mass is 16.5. The summed E-state index contributed by atoms with van der Waals surface area (Å²) in [6, 6.07) is 8.72. The molecule has 2 unspecified atom stereocenters. The second-order valence-corrected chi connectivity index (χ2v) is 5.48. The van der Waals surface area contributed by atoms with E-state index in [1.165, 1.54) is 5.56 Å². The van der Waals surface area contributed by atoms with Gasteiger partial charge >= 0.3 is 0 Å². The Hall–Kier alpha value is -1.06. The Bertz CT molecular complexity index is 379. The van der Waals surface area contributed by atoms with E-state index in [0.29, 0.717) is 24.4 Å². The van der Waals surface area contributed by atoms with Crippen LogP contribution < -0.4 is 15.8 Å². The fourth-order valence-electron chi connectivity index (χ4n) is 2.43. The minimum absolute atomic E-state index is 0.405. The smallest absolute Gasteiger partial charge is 0.122 e. The molecule has 0 amide bonds. The van der Waals surface area contributed by atoms with Crippen LogP contribution in [0.3, 0.4) is 0 Å². The minimum Gasteiger partial charge on any atom is -0.493 e. The first kappa shape index (κ1) is 13.4. The van der Waals surface area contributed by atoms with E-state index in [0.717, 1.165) is 25.3 Å². The molecule has 1 heterocycles. The second-order valence-electron chi connectivity index (χ2n) is 5.48. The van der Waals surface area contributed by atoms with Gasteiger partial charge in [0.25, 0.3) is 0 Å². The molecule has 0 saturated carbocycles. The highest BCUT2D eigenvalue weighted by Gasteiger charge is 2.20. The molecular weight excluding hydrogens is 224 g/mol. The number of benzene rings is 1. The van der Waals surface area contributed by atoms with Crippen LogP contribution in [0.2, 0.25) is 0 Å². The molecule has 0 saturated heterocycles. The van der Waals surface area contributed by atoms with Gasteiger partial charge in [0, 0.05) is 25.0 Å². The number of fused-ring (bicyclic) bond motifs is 1. The molecule has 100 valence electrons. The summed E-state index contributed by atoms with van der Waals surface area (Å²) in [4.78, 5) is 0. The van der Waals surface area contributed by atoms with Gasteiger partial charge < -0.3 is 15.8 Å². The first-order chi connectivity index (χ1) is 8.70. The summed E-state index contributed by atoms with van der Waals surface area (Å²) in [5, 5.41) is 3.56. The molecule has 3 N–H and O–H groups in total. The molecule has 0 radical (unpaired) electrons. The Morgan fingerprint density at radius 3 is 2.89 bits per heavy atom. The summed E-state index contributed by atoms with van der Waals surface area (Å²) >= 11 is 0. The van der Waals surface area contributed by atoms with Crippen molar-refractivity contribution in [2.24, 2.45) is 17.6 Å². The molecule has 0 fully saturated rings. The van der Waals surface area contributed by atoms with Crippen molar-refractivity contribution in [2.75, 3.05) is 19.7 Å². The summed E-state index contributed by atoms with van der Waals surface area (Å²) in [6.45, 7) is 6.89. The van der Waals surface area contributed by atoms with E-state index in [9.17, 15) is 0 Å². The Morgan fingerprint density at radius 1 is 1.39 bits per heavy atom. The topological polar surface area (TPSA) is 47.3 Å². The van der Waals surface area contributed by atoms with Crippen LogP contribution in [0, 0.1) is 11.8 Å². The summed E-state index contributed by atoms with van der Waals surface area (Å²) in [7, 11) is 0. The van der Waals surface area contributed by atoms with Crippen molar-refractivity contribution in [3.63, 3.8) is 0 Å². The van der Waals surface area contributed by atoms with Crippen LogP contribution in [0.15, 0.2) is 24.3 Å². The molecule has 3 nitrogen and oxygen atoms in total. The van der Waals surface area contributed by atoms with Gasteiger partial charge in [0.2, 0.25) is 0 Å². The van der Waals surface area contributed by atoms with Gasteiger partial charge in [-0.05, 0) is 24.0 Å². The fraction of sp³-hybridized carbons (Fsp3) is 0.600. The summed E-state index contributed by atoms with van der Waals surface area (Å²) in [5.74, 6) is 2.17. The zero-order valence-electron chi connectivity index (χ0n) is 11.4. The standard InChI is InChI=1S/C15H24N2O/c1-11(2)14(8-16)17-9-12-7-13-5-3-4-6-15(13)18-10-12/h3-6,11-12,14,17H,7-10,16H2,1-2H3. The van der Waals surface area contributed by atoms with Crippen LogP contribution >= 0.6 is 0 Å². The van der Waals surface area contributed by atoms with Gasteiger partial charge in [0.1, 0.15) is 5.75 Å². The van der Waals surface area contributed by atoms with Crippen LogP contribution in [0.4, 0.5) is 0 Å². The average molecular weight is 248 g/mol. The van der Waals surface area contributed by atoms with Crippen molar-refractivity contribution < 1.29 is 4.74 Å². The maximum absolute atomic E-state index is 5.79. The number of hydrogen-bond acceptors (Lipinski definition) is 3. The number of hydrogen-bond donors (Lipinski definition) is 2. The average Bonchev–Trinajstić information content (AvgIpc) is 2.39. The van der Waals surface area contributed by atoms with Crippen LogP contribution in [0.25, 0.3) is 0 Å². The van der Waals surface area contributed by atoms with Gasteiger partial charge in [-0.1, -0.05) is 32.0 Å². The third-order valence-electron chi connectivity index (χ3n) is 3.68. The Balaban J connectivity index is 1.86. The molecule has 2 rings (SSSR count). The van der Waals surface area contributed by atoms with Crippen molar-refractivity contribution in [1.29, 1.82) is 0 Å². The van der Waals surface area contributed by atoms with Gasteiger partial charge in [0.15, 0.2) is 0 Å². The van der Waals surface area contributed by atoms with Crippen molar-refractivity contribution in [3.8, 4) is 5.75 Å². The number of ether oxygens (including phenoxy) is 1. The summed E-state index contributed by atoms with van der Waals surface area (Å²) in [5.41, 5.74) is 7.10. The zero-order valence-corrected chi connectivity index (χ0v) is 11.4. The maximum Gasteiger partial charge on any atom is 0.122 e. The van der Waals surface area contributed by atoms with Gasteiger partial charge in [-0.15, -0.1) is 0 Å². The lowest BCUT2D eigenvalue weighted by Crippen LogP contribution is -2.44. The predicted octanol–water partition coefficient (Wildman–Crippen LogP) is 1.81.